The Bertz CT molecular complexity index is 505. The Morgan fingerprint density at radius 2 is 2.00 bits per heavy atom. The van der Waals surface area contributed by atoms with Crippen molar-refractivity contribution in [1.29, 1.82) is 0 Å². The van der Waals surface area contributed by atoms with Crippen LogP contribution in [-0.2, 0) is 9.53 Å². The molecule has 1 aliphatic heterocycles. The number of fused-ring (bicyclic) bond motifs is 1. The van der Waals surface area contributed by atoms with Crippen molar-refractivity contribution in [2.45, 2.75) is 13.0 Å². The molecule has 1 heterocycles. The lowest BCUT2D eigenvalue weighted by atomic mass is 9.98. The van der Waals surface area contributed by atoms with Gasteiger partial charge in [0, 0.05) is 11.6 Å². The molecule has 0 aliphatic carbocycles. The van der Waals surface area contributed by atoms with Crippen molar-refractivity contribution < 1.29 is 29.6 Å². The molecule has 16 heavy (non-hydrogen) atoms. The number of esters is 1. The molecule has 0 radical (unpaired) electrons. The van der Waals surface area contributed by atoms with Gasteiger partial charge in [0.25, 0.3) is 0 Å². The van der Waals surface area contributed by atoms with Crippen LogP contribution in [0.25, 0.3) is 0 Å². The topological polar surface area (TPSA) is 104 Å². The molecular formula is C10H8O6. The van der Waals surface area contributed by atoms with E-state index in [0.29, 0.717) is 0 Å². The van der Waals surface area contributed by atoms with Crippen molar-refractivity contribution in [3.63, 3.8) is 0 Å². The van der Waals surface area contributed by atoms with E-state index in [2.05, 4.69) is 4.74 Å². The number of aliphatic carboxylic acids is 1. The molecule has 1 aliphatic rings. The average molecular weight is 224 g/mol. The minimum absolute atomic E-state index is 0.0788. The molecule has 0 fully saturated rings. The van der Waals surface area contributed by atoms with Crippen molar-refractivity contribution >= 4 is 11.9 Å². The second kappa shape index (κ2) is 3.13. The highest BCUT2D eigenvalue weighted by Gasteiger charge is 2.40. The average Bonchev–Trinajstić information content (AvgIpc) is 2.53. The zero-order valence-corrected chi connectivity index (χ0v) is 8.22. The van der Waals surface area contributed by atoms with E-state index in [9.17, 15) is 19.8 Å². The Morgan fingerprint density at radius 1 is 1.38 bits per heavy atom. The summed E-state index contributed by atoms with van der Waals surface area (Å²) in [7, 11) is 0. The number of benzene rings is 1. The summed E-state index contributed by atoms with van der Waals surface area (Å²) in [5.41, 5.74) is 0.0132. The van der Waals surface area contributed by atoms with E-state index in [0.717, 1.165) is 6.07 Å². The molecule has 0 bridgehead atoms. The molecule has 6 heteroatoms. The number of cyclic esters (lactones) is 1. The Hall–Kier alpha value is -2.24. The molecule has 1 aromatic rings. The number of hydrogen-bond acceptors (Lipinski definition) is 5. The van der Waals surface area contributed by atoms with Crippen LogP contribution in [0.3, 0.4) is 0 Å². The Morgan fingerprint density at radius 3 is 2.56 bits per heavy atom. The van der Waals surface area contributed by atoms with Gasteiger partial charge in [-0.05, 0) is 6.92 Å². The first-order valence-electron chi connectivity index (χ1n) is 4.42. The summed E-state index contributed by atoms with van der Waals surface area (Å²) in [5, 5.41) is 27.7. The third-order valence-electron chi connectivity index (χ3n) is 2.49. The summed E-state index contributed by atoms with van der Waals surface area (Å²) in [5.74, 6) is -2.96. The number of rotatable bonds is 1. The molecule has 0 saturated carbocycles. The van der Waals surface area contributed by atoms with Gasteiger partial charge in [0.05, 0.1) is 11.1 Å². The summed E-state index contributed by atoms with van der Waals surface area (Å²) in [6.45, 7) is 1.44. The van der Waals surface area contributed by atoms with Crippen molar-refractivity contribution in [3.8, 4) is 11.5 Å². The lowest BCUT2D eigenvalue weighted by Gasteiger charge is -2.08. The molecule has 0 saturated heterocycles. The molecule has 0 aromatic heterocycles. The van der Waals surface area contributed by atoms with E-state index in [-0.39, 0.29) is 22.4 Å². The van der Waals surface area contributed by atoms with Crippen LogP contribution >= 0.6 is 0 Å². The van der Waals surface area contributed by atoms with Gasteiger partial charge in [-0.1, -0.05) is 0 Å². The van der Waals surface area contributed by atoms with E-state index in [4.69, 9.17) is 5.11 Å². The van der Waals surface area contributed by atoms with Crippen LogP contribution in [0.2, 0.25) is 0 Å². The lowest BCUT2D eigenvalue weighted by molar-refractivity contribution is -0.146. The second-order valence-corrected chi connectivity index (χ2v) is 3.45. The summed E-state index contributed by atoms with van der Waals surface area (Å²) in [6.07, 6.45) is -1.51. The summed E-state index contributed by atoms with van der Waals surface area (Å²) >= 11 is 0. The van der Waals surface area contributed by atoms with Crippen molar-refractivity contribution in [3.05, 3.63) is 22.8 Å². The number of phenols is 2. The maximum absolute atomic E-state index is 11.4. The van der Waals surface area contributed by atoms with E-state index >= 15 is 0 Å². The van der Waals surface area contributed by atoms with Crippen LogP contribution in [0.15, 0.2) is 6.07 Å². The standard InChI is InChI=1S/C10H8O6/c1-3-4(11)2-5(12)7-6(3)10(15)16-8(7)9(13)14/h2,8,11-12H,1H3,(H,13,14). The fourth-order valence-corrected chi connectivity index (χ4v) is 1.70. The van der Waals surface area contributed by atoms with Gasteiger partial charge in [-0.3, -0.25) is 0 Å². The van der Waals surface area contributed by atoms with Gasteiger partial charge in [0.15, 0.2) is 0 Å². The summed E-state index contributed by atoms with van der Waals surface area (Å²) in [4.78, 5) is 22.2. The van der Waals surface area contributed by atoms with Gasteiger partial charge in [0.2, 0.25) is 6.10 Å². The first kappa shape index (κ1) is 10.3. The fraction of sp³-hybridized carbons (Fsp3) is 0.200. The zero-order valence-electron chi connectivity index (χ0n) is 8.22. The fourth-order valence-electron chi connectivity index (χ4n) is 1.70. The van der Waals surface area contributed by atoms with Crippen LogP contribution in [0.4, 0.5) is 0 Å². The number of carbonyl (C=O) groups is 2. The number of ether oxygens (including phenoxy) is 1. The molecule has 1 unspecified atom stereocenters. The predicted octanol–water partition coefficient (Wildman–Crippen LogP) is 0.702. The second-order valence-electron chi connectivity index (χ2n) is 3.45. The zero-order chi connectivity index (χ0) is 12.0. The smallest absolute Gasteiger partial charge is 0.349 e. The van der Waals surface area contributed by atoms with E-state index in [1.54, 1.807) is 0 Å². The minimum Gasteiger partial charge on any atom is -0.508 e. The molecule has 1 aromatic carbocycles. The molecule has 1 atom stereocenters. The van der Waals surface area contributed by atoms with Gasteiger partial charge in [0.1, 0.15) is 11.5 Å². The van der Waals surface area contributed by atoms with Crippen LogP contribution in [0.1, 0.15) is 27.6 Å². The van der Waals surface area contributed by atoms with Crippen LogP contribution in [-0.4, -0.2) is 27.3 Å². The van der Waals surface area contributed by atoms with Gasteiger partial charge in [-0.25, -0.2) is 9.59 Å². The molecule has 0 amide bonds. The first-order chi connectivity index (χ1) is 7.43. The van der Waals surface area contributed by atoms with Gasteiger partial charge in [-0.15, -0.1) is 0 Å². The van der Waals surface area contributed by atoms with Crippen molar-refractivity contribution in [1.82, 2.24) is 0 Å². The molecule has 3 N–H and O–H groups in total. The maximum Gasteiger partial charge on any atom is 0.349 e. The SMILES string of the molecule is Cc1c(O)cc(O)c2c1C(=O)OC2C(=O)O. The molecule has 2 rings (SSSR count). The lowest BCUT2D eigenvalue weighted by Crippen LogP contribution is -2.10. The third-order valence-corrected chi connectivity index (χ3v) is 2.49. The van der Waals surface area contributed by atoms with Crippen LogP contribution in [0, 0.1) is 6.92 Å². The van der Waals surface area contributed by atoms with Crippen molar-refractivity contribution in [2.75, 3.05) is 0 Å². The molecule has 84 valence electrons. The highest BCUT2D eigenvalue weighted by molar-refractivity contribution is 6.01. The molecule has 0 spiro atoms. The normalized spacial score (nSPS) is 18.1. The number of aromatic hydroxyl groups is 2. The Labute approximate surface area is 89.7 Å². The highest BCUT2D eigenvalue weighted by atomic mass is 16.6. The summed E-state index contributed by atoms with van der Waals surface area (Å²) in [6, 6.07) is 0.992. The minimum atomic E-state index is -1.51. The van der Waals surface area contributed by atoms with E-state index in [1.807, 2.05) is 0 Å². The first-order valence-corrected chi connectivity index (χ1v) is 4.42. The van der Waals surface area contributed by atoms with Crippen LogP contribution in [0.5, 0.6) is 11.5 Å². The summed E-state index contributed by atoms with van der Waals surface area (Å²) < 4.78 is 4.60. The Kier molecular flexibility index (Phi) is 2.01. The van der Waals surface area contributed by atoms with Gasteiger partial charge < -0.3 is 20.1 Å². The van der Waals surface area contributed by atoms with E-state index in [1.165, 1.54) is 6.92 Å². The quantitative estimate of drug-likeness (QED) is 0.606. The third kappa shape index (κ3) is 1.19. The largest absolute Gasteiger partial charge is 0.508 e. The van der Waals surface area contributed by atoms with E-state index < -0.39 is 23.8 Å². The molecular weight excluding hydrogens is 216 g/mol. The van der Waals surface area contributed by atoms with Gasteiger partial charge >= 0.3 is 11.9 Å². The Balaban J connectivity index is 2.74. The number of carbonyl (C=O) groups excluding carboxylic acids is 1. The predicted molar refractivity (Wildman–Crippen MR) is 50.3 cm³/mol. The maximum atomic E-state index is 11.4. The van der Waals surface area contributed by atoms with Crippen molar-refractivity contribution in [2.24, 2.45) is 0 Å². The van der Waals surface area contributed by atoms with Gasteiger partial charge in [-0.2, -0.15) is 0 Å². The highest BCUT2D eigenvalue weighted by Crippen LogP contribution is 2.42. The monoisotopic (exact) mass is 224 g/mol. The van der Waals surface area contributed by atoms with Crippen LogP contribution < -0.4 is 0 Å². The number of carboxylic acids is 1. The molecule has 6 nitrogen and oxygen atoms in total. The number of phenolic OH excluding ortho intramolecular Hbond substituents is 2. The number of hydrogen-bond donors (Lipinski definition) is 3. The number of carboxylic acid groups (broad SMARTS) is 1.